The Morgan fingerprint density at radius 3 is 2.94 bits per heavy atom. The average molecular weight is 468 g/mol. The number of ether oxygens (including phenoxy) is 1. The van der Waals surface area contributed by atoms with Crippen LogP contribution in [0.4, 0.5) is 5.82 Å². The molecule has 0 radical (unpaired) electrons. The Labute approximate surface area is 199 Å². The first-order valence-corrected chi connectivity index (χ1v) is 12.0. The molecule has 5 rings (SSSR count). The van der Waals surface area contributed by atoms with E-state index < -0.39 is 0 Å². The first-order chi connectivity index (χ1) is 16.0. The van der Waals surface area contributed by atoms with Gasteiger partial charge in [-0.1, -0.05) is 22.9 Å². The Bertz CT molecular complexity index is 1100. The topological polar surface area (TPSA) is 81.0 Å². The van der Waals surface area contributed by atoms with Crippen LogP contribution in [0.1, 0.15) is 42.3 Å². The van der Waals surface area contributed by atoms with Crippen molar-refractivity contribution in [2.45, 2.75) is 57.8 Å². The van der Waals surface area contributed by atoms with Crippen LogP contribution in [0, 0.1) is 6.92 Å². The fraction of sp³-hybridized carbons (Fsp3) is 0.500. The van der Waals surface area contributed by atoms with E-state index in [2.05, 4.69) is 49.8 Å². The molecule has 1 N–H and O–H groups in total. The van der Waals surface area contributed by atoms with E-state index in [9.17, 15) is 0 Å². The lowest BCUT2D eigenvalue weighted by atomic mass is 9.77. The van der Waals surface area contributed by atoms with Gasteiger partial charge in [0.05, 0.1) is 30.1 Å². The molecule has 0 unspecified atom stereocenters. The number of aromatic nitrogens is 5. The maximum absolute atomic E-state index is 6.41. The number of anilines is 1. The third-order valence-electron chi connectivity index (χ3n) is 6.76. The van der Waals surface area contributed by atoms with E-state index in [1.165, 1.54) is 11.1 Å². The molecule has 0 amide bonds. The minimum absolute atomic E-state index is 0.226. The van der Waals surface area contributed by atoms with Gasteiger partial charge in [-0.15, -0.1) is 10.2 Å². The van der Waals surface area contributed by atoms with Crippen molar-refractivity contribution in [3.63, 3.8) is 0 Å². The summed E-state index contributed by atoms with van der Waals surface area (Å²) in [7, 11) is 0. The van der Waals surface area contributed by atoms with Crippen LogP contribution in [0.15, 0.2) is 36.5 Å². The highest BCUT2D eigenvalue weighted by Crippen LogP contribution is 2.44. The molecule has 9 heteroatoms. The molecule has 2 aliphatic heterocycles. The number of hydrogen-bond donors (Lipinski definition) is 1. The minimum atomic E-state index is -0.226. The van der Waals surface area contributed by atoms with Crippen LogP contribution in [-0.4, -0.2) is 55.8 Å². The Hall–Kier alpha value is -2.55. The van der Waals surface area contributed by atoms with E-state index in [-0.39, 0.29) is 5.60 Å². The quantitative estimate of drug-likeness (QED) is 0.593. The fourth-order valence-corrected chi connectivity index (χ4v) is 5.18. The standard InChI is InChI=1S/C24H30ClN7O/c1-17-3-6-23(29-27-17)26-9-11-32-16-21(28-30-32)15-31-10-8-24(14-18(31)2)22-13-20(25)5-4-19(22)7-12-33-24/h3-6,13,16,18H,7-12,14-15H2,1-2H3,(H,26,29)/t18-,24+/m0/s1. The average Bonchev–Trinajstić information content (AvgIpc) is 3.25. The van der Waals surface area contributed by atoms with Crippen LogP contribution < -0.4 is 5.32 Å². The van der Waals surface area contributed by atoms with Crippen molar-refractivity contribution in [1.82, 2.24) is 30.1 Å². The number of rotatable bonds is 6. The van der Waals surface area contributed by atoms with E-state index in [1.807, 2.05) is 36.0 Å². The lowest BCUT2D eigenvalue weighted by molar-refractivity contribution is -0.113. The molecule has 1 saturated heterocycles. The van der Waals surface area contributed by atoms with Crippen molar-refractivity contribution >= 4 is 17.4 Å². The summed E-state index contributed by atoms with van der Waals surface area (Å²) in [5.41, 5.74) is 4.32. The van der Waals surface area contributed by atoms with Gasteiger partial charge in [0.25, 0.3) is 0 Å². The lowest BCUT2D eigenvalue weighted by Gasteiger charge is -2.48. The van der Waals surface area contributed by atoms with Crippen LogP contribution in [-0.2, 0) is 29.8 Å². The predicted molar refractivity (Wildman–Crippen MR) is 127 cm³/mol. The molecule has 33 heavy (non-hydrogen) atoms. The second-order valence-electron chi connectivity index (χ2n) is 9.13. The summed E-state index contributed by atoms with van der Waals surface area (Å²) in [6.45, 7) is 8.14. The smallest absolute Gasteiger partial charge is 0.148 e. The molecule has 0 saturated carbocycles. The van der Waals surface area contributed by atoms with Gasteiger partial charge in [-0.25, -0.2) is 0 Å². The second kappa shape index (κ2) is 9.37. The number of benzene rings is 1. The van der Waals surface area contributed by atoms with Crippen molar-refractivity contribution in [1.29, 1.82) is 0 Å². The summed E-state index contributed by atoms with van der Waals surface area (Å²) in [5.74, 6) is 0.768. The first-order valence-electron chi connectivity index (χ1n) is 11.6. The molecule has 1 aromatic carbocycles. The van der Waals surface area contributed by atoms with Crippen LogP contribution in [0.2, 0.25) is 5.02 Å². The highest BCUT2D eigenvalue weighted by atomic mass is 35.5. The molecule has 1 fully saturated rings. The molecule has 0 bridgehead atoms. The number of aryl methyl sites for hydroxylation is 1. The zero-order valence-electron chi connectivity index (χ0n) is 19.2. The fourth-order valence-electron chi connectivity index (χ4n) is 5.01. The number of halogens is 1. The highest BCUT2D eigenvalue weighted by molar-refractivity contribution is 6.30. The Morgan fingerprint density at radius 2 is 2.12 bits per heavy atom. The molecular formula is C24H30ClN7O. The summed E-state index contributed by atoms with van der Waals surface area (Å²) in [5, 5.41) is 20.9. The number of nitrogens with zero attached hydrogens (tertiary/aromatic N) is 6. The summed E-state index contributed by atoms with van der Waals surface area (Å²) < 4.78 is 8.29. The summed E-state index contributed by atoms with van der Waals surface area (Å²) in [6.07, 6.45) is 4.91. The summed E-state index contributed by atoms with van der Waals surface area (Å²) in [6, 6.07) is 10.5. The maximum atomic E-state index is 6.41. The Balaban J connectivity index is 1.17. The van der Waals surface area contributed by atoms with Crippen molar-refractivity contribution in [3.05, 3.63) is 64.1 Å². The normalized spacial score (nSPS) is 22.9. The number of likely N-dealkylation sites (tertiary alicyclic amines) is 1. The molecule has 174 valence electrons. The largest absolute Gasteiger partial charge is 0.370 e. The van der Waals surface area contributed by atoms with E-state index in [1.54, 1.807) is 0 Å². The van der Waals surface area contributed by atoms with Crippen LogP contribution in [0.3, 0.4) is 0 Å². The van der Waals surface area contributed by atoms with Gasteiger partial charge in [0, 0.05) is 36.9 Å². The molecule has 1 spiro atoms. The highest BCUT2D eigenvalue weighted by Gasteiger charge is 2.43. The predicted octanol–water partition coefficient (Wildman–Crippen LogP) is 3.59. The SMILES string of the molecule is Cc1ccc(NCCn2cc(CN3CC[C@]4(C[C@@H]3C)OCCc3ccc(Cl)cc34)nn2)nn1. The van der Waals surface area contributed by atoms with E-state index in [4.69, 9.17) is 16.3 Å². The molecule has 2 aromatic heterocycles. The molecule has 4 heterocycles. The summed E-state index contributed by atoms with van der Waals surface area (Å²) in [4.78, 5) is 2.47. The van der Waals surface area contributed by atoms with Crippen molar-refractivity contribution < 1.29 is 4.74 Å². The van der Waals surface area contributed by atoms with Gasteiger partial charge in [0.15, 0.2) is 0 Å². The zero-order valence-corrected chi connectivity index (χ0v) is 19.9. The Kier molecular flexibility index (Phi) is 6.32. The molecule has 0 aliphatic carbocycles. The molecule has 8 nitrogen and oxygen atoms in total. The van der Waals surface area contributed by atoms with Crippen LogP contribution >= 0.6 is 11.6 Å². The van der Waals surface area contributed by atoms with Gasteiger partial charge in [-0.3, -0.25) is 9.58 Å². The third kappa shape index (κ3) is 4.88. The van der Waals surface area contributed by atoms with E-state index in [0.717, 1.165) is 61.2 Å². The first kappa shape index (κ1) is 22.3. The van der Waals surface area contributed by atoms with Crippen molar-refractivity contribution in [2.24, 2.45) is 0 Å². The van der Waals surface area contributed by atoms with E-state index >= 15 is 0 Å². The minimum Gasteiger partial charge on any atom is -0.370 e. The number of nitrogens with one attached hydrogen (secondary N) is 1. The van der Waals surface area contributed by atoms with Crippen LogP contribution in [0.5, 0.6) is 0 Å². The second-order valence-corrected chi connectivity index (χ2v) is 9.56. The van der Waals surface area contributed by atoms with E-state index in [0.29, 0.717) is 19.1 Å². The molecule has 3 aromatic rings. The maximum Gasteiger partial charge on any atom is 0.148 e. The molecule has 2 atom stereocenters. The van der Waals surface area contributed by atoms with Crippen molar-refractivity contribution in [3.8, 4) is 0 Å². The third-order valence-corrected chi connectivity index (χ3v) is 7.00. The van der Waals surface area contributed by atoms with Gasteiger partial charge in [0.1, 0.15) is 5.82 Å². The summed E-state index contributed by atoms with van der Waals surface area (Å²) >= 11 is 6.34. The number of hydrogen-bond acceptors (Lipinski definition) is 7. The monoisotopic (exact) mass is 467 g/mol. The van der Waals surface area contributed by atoms with Gasteiger partial charge in [0.2, 0.25) is 0 Å². The van der Waals surface area contributed by atoms with Gasteiger partial charge in [-0.2, -0.15) is 5.10 Å². The van der Waals surface area contributed by atoms with Gasteiger partial charge in [-0.05, 0) is 68.5 Å². The van der Waals surface area contributed by atoms with Gasteiger partial charge < -0.3 is 10.1 Å². The van der Waals surface area contributed by atoms with Crippen LogP contribution in [0.25, 0.3) is 0 Å². The zero-order chi connectivity index (χ0) is 22.8. The van der Waals surface area contributed by atoms with Crippen molar-refractivity contribution in [2.75, 3.05) is 25.0 Å². The number of fused-ring (bicyclic) bond motifs is 2. The number of piperidine rings is 1. The lowest BCUT2D eigenvalue weighted by Crippen LogP contribution is -2.50. The molecule has 2 aliphatic rings. The van der Waals surface area contributed by atoms with Gasteiger partial charge >= 0.3 is 0 Å². The molecular weight excluding hydrogens is 438 g/mol. The Morgan fingerprint density at radius 1 is 1.21 bits per heavy atom.